The number of ether oxygens (including phenoxy) is 2. The molecule has 0 amide bonds. The van der Waals surface area contributed by atoms with E-state index in [2.05, 4.69) is 17.4 Å². The fourth-order valence-electron chi connectivity index (χ4n) is 3.04. The molecule has 1 N–H and O–H groups in total. The van der Waals surface area contributed by atoms with Gasteiger partial charge in [-0.15, -0.1) is 0 Å². The summed E-state index contributed by atoms with van der Waals surface area (Å²) in [6.45, 7) is 6.27. The van der Waals surface area contributed by atoms with Gasteiger partial charge in [0.25, 0.3) is 0 Å². The van der Waals surface area contributed by atoms with Crippen molar-refractivity contribution in [2.45, 2.75) is 38.3 Å². The fraction of sp³-hybridized carbons (Fsp3) is 0.625. The lowest BCUT2D eigenvalue weighted by Gasteiger charge is -2.43. The van der Waals surface area contributed by atoms with Crippen LogP contribution in [0.2, 0.25) is 5.02 Å². The van der Waals surface area contributed by atoms with Crippen molar-refractivity contribution in [3.63, 3.8) is 0 Å². The van der Waals surface area contributed by atoms with Crippen LogP contribution < -0.4 is 5.32 Å². The molecule has 0 spiro atoms. The molecule has 1 fully saturated rings. The first-order chi connectivity index (χ1) is 9.63. The number of nitrogens with one attached hydrogen (secondary N) is 1. The van der Waals surface area contributed by atoms with Crippen molar-refractivity contribution < 1.29 is 9.47 Å². The van der Waals surface area contributed by atoms with Crippen LogP contribution in [-0.2, 0) is 9.47 Å². The molecule has 4 heteroatoms. The van der Waals surface area contributed by atoms with E-state index in [0.717, 1.165) is 36.6 Å². The fourth-order valence-corrected chi connectivity index (χ4v) is 3.23. The molecule has 0 radical (unpaired) electrons. The van der Waals surface area contributed by atoms with Crippen LogP contribution in [0, 0.1) is 6.92 Å². The zero-order valence-electron chi connectivity index (χ0n) is 12.5. The summed E-state index contributed by atoms with van der Waals surface area (Å²) in [6, 6.07) is 6.39. The molecule has 1 atom stereocenters. The van der Waals surface area contributed by atoms with Gasteiger partial charge in [0.2, 0.25) is 0 Å². The Labute approximate surface area is 126 Å². The number of benzene rings is 1. The zero-order valence-corrected chi connectivity index (χ0v) is 13.3. The van der Waals surface area contributed by atoms with Gasteiger partial charge in [-0.2, -0.15) is 0 Å². The Bertz CT molecular complexity index is 439. The Morgan fingerprint density at radius 1 is 1.40 bits per heavy atom. The van der Waals surface area contributed by atoms with Crippen LogP contribution in [0.4, 0.5) is 0 Å². The number of rotatable bonds is 5. The van der Waals surface area contributed by atoms with E-state index in [4.69, 9.17) is 21.1 Å². The first kappa shape index (κ1) is 15.8. The van der Waals surface area contributed by atoms with Gasteiger partial charge in [-0.1, -0.05) is 23.7 Å². The van der Waals surface area contributed by atoms with E-state index in [0.29, 0.717) is 6.61 Å². The van der Waals surface area contributed by atoms with E-state index < -0.39 is 0 Å². The molecule has 3 nitrogen and oxygen atoms in total. The highest BCUT2D eigenvalue weighted by Crippen LogP contribution is 2.38. The summed E-state index contributed by atoms with van der Waals surface area (Å²) >= 11 is 6.28. The molecule has 1 aromatic carbocycles. The Morgan fingerprint density at radius 3 is 2.65 bits per heavy atom. The summed E-state index contributed by atoms with van der Waals surface area (Å²) in [5, 5.41) is 4.23. The van der Waals surface area contributed by atoms with E-state index in [1.807, 2.05) is 27.0 Å². The zero-order chi connectivity index (χ0) is 14.6. The molecule has 0 bridgehead atoms. The lowest BCUT2D eigenvalue weighted by Crippen LogP contribution is -2.49. The third-order valence-electron chi connectivity index (χ3n) is 4.11. The quantitative estimate of drug-likeness (QED) is 0.902. The molecule has 1 aliphatic rings. The van der Waals surface area contributed by atoms with Crippen molar-refractivity contribution in [1.82, 2.24) is 5.32 Å². The Hall–Kier alpha value is -0.610. The highest BCUT2D eigenvalue weighted by molar-refractivity contribution is 6.31. The normalized spacial score (nSPS) is 19.8. The molecule has 0 saturated carbocycles. The van der Waals surface area contributed by atoms with Gasteiger partial charge in [-0.05, 0) is 38.1 Å². The second-order valence-corrected chi connectivity index (χ2v) is 5.75. The van der Waals surface area contributed by atoms with E-state index in [1.54, 1.807) is 0 Å². The monoisotopic (exact) mass is 297 g/mol. The second-order valence-electron chi connectivity index (χ2n) is 5.34. The van der Waals surface area contributed by atoms with Gasteiger partial charge in [0, 0.05) is 37.7 Å². The SMILES string of the molecule is CCOC1(C(NC)c2ccc(C)c(Cl)c2)CCOCC1. The summed E-state index contributed by atoms with van der Waals surface area (Å²) in [5.41, 5.74) is 2.07. The van der Waals surface area contributed by atoms with Crippen molar-refractivity contribution in [3.05, 3.63) is 34.3 Å². The summed E-state index contributed by atoms with van der Waals surface area (Å²) in [6.07, 6.45) is 1.80. The van der Waals surface area contributed by atoms with Crippen LogP contribution >= 0.6 is 11.6 Å². The maximum absolute atomic E-state index is 6.28. The van der Waals surface area contributed by atoms with Gasteiger partial charge in [-0.25, -0.2) is 0 Å². The Balaban J connectivity index is 2.34. The largest absolute Gasteiger partial charge is 0.381 e. The summed E-state index contributed by atoms with van der Waals surface area (Å²) in [5.74, 6) is 0. The number of aryl methyl sites for hydroxylation is 1. The minimum absolute atomic E-state index is 0.129. The van der Waals surface area contributed by atoms with Crippen LogP contribution in [0.3, 0.4) is 0 Å². The molecule has 0 aromatic heterocycles. The molecule has 0 aliphatic carbocycles. The van der Waals surface area contributed by atoms with Crippen molar-refractivity contribution in [1.29, 1.82) is 0 Å². The maximum atomic E-state index is 6.28. The number of hydrogen-bond donors (Lipinski definition) is 1. The smallest absolute Gasteiger partial charge is 0.0919 e. The first-order valence-electron chi connectivity index (χ1n) is 7.28. The third-order valence-corrected chi connectivity index (χ3v) is 4.52. The first-order valence-corrected chi connectivity index (χ1v) is 7.66. The third kappa shape index (κ3) is 3.17. The topological polar surface area (TPSA) is 30.5 Å². The van der Waals surface area contributed by atoms with Crippen molar-refractivity contribution in [3.8, 4) is 0 Å². The number of likely N-dealkylation sites (N-methyl/N-ethyl adjacent to an activating group) is 1. The lowest BCUT2D eigenvalue weighted by molar-refractivity contribution is -0.127. The van der Waals surface area contributed by atoms with E-state index >= 15 is 0 Å². The maximum Gasteiger partial charge on any atom is 0.0919 e. The summed E-state index contributed by atoms with van der Waals surface area (Å²) < 4.78 is 11.7. The van der Waals surface area contributed by atoms with Crippen LogP contribution in [0.15, 0.2) is 18.2 Å². The predicted octanol–water partition coefficient (Wildman–Crippen LogP) is 3.49. The van der Waals surface area contributed by atoms with E-state index in [1.165, 1.54) is 5.56 Å². The molecule has 1 heterocycles. The number of hydrogen-bond acceptors (Lipinski definition) is 3. The van der Waals surface area contributed by atoms with Crippen molar-refractivity contribution in [2.24, 2.45) is 0 Å². The average Bonchev–Trinajstić information content (AvgIpc) is 2.45. The van der Waals surface area contributed by atoms with Crippen molar-refractivity contribution >= 4 is 11.6 Å². The average molecular weight is 298 g/mol. The van der Waals surface area contributed by atoms with Gasteiger partial charge in [0.1, 0.15) is 0 Å². The minimum atomic E-state index is -0.208. The van der Waals surface area contributed by atoms with Gasteiger partial charge in [0.05, 0.1) is 11.6 Å². The molecule has 20 heavy (non-hydrogen) atoms. The van der Waals surface area contributed by atoms with Gasteiger partial charge in [0.15, 0.2) is 0 Å². The lowest BCUT2D eigenvalue weighted by atomic mass is 9.82. The second kappa shape index (κ2) is 6.90. The van der Waals surface area contributed by atoms with Crippen LogP contribution in [0.1, 0.15) is 36.9 Å². The molecule has 1 unspecified atom stereocenters. The van der Waals surface area contributed by atoms with Crippen molar-refractivity contribution in [2.75, 3.05) is 26.9 Å². The summed E-state index contributed by atoms with van der Waals surface area (Å²) in [7, 11) is 1.98. The highest BCUT2D eigenvalue weighted by Gasteiger charge is 2.41. The van der Waals surface area contributed by atoms with Crippen LogP contribution in [0.25, 0.3) is 0 Å². The van der Waals surface area contributed by atoms with Crippen LogP contribution in [-0.4, -0.2) is 32.5 Å². The Kier molecular flexibility index (Phi) is 5.44. The van der Waals surface area contributed by atoms with Gasteiger partial charge >= 0.3 is 0 Å². The highest BCUT2D eigenvalue weighted by atomic mass is 35.5. The molecule has 1 saturated heterocycles. The minimum Gasteiger partial charge on any atom is -0.381 e. The molecule has 2 rings (SSSR count). The Morgan fingerprint density at radius 2 is 2.10 bits per heavy atom. The predicted molar refractivity (Wildman–Crippen MR) is 82.4 cm³/mol. The molecule has 112 valence electrons. The summed E-state index contributed by atoms with van der Waals surface area (Å²) in [4.78, 5) is 0. The van der Waals surface area contributed by atoms with Gasteiger partial charge < -0.3 is 14.8 Å². The molecular formula is C16H24ClNO2. The van der Waals surface area contributed by atoms with E-state index in [9.17, 15) is 0 Å². The molecular weight excluding hydrogens is 274 g/mol. The van der Waals surface area contributed by atoms with E-state index in [-0.39, 0.29) is 11.6 Å². The molecule has 1 aromatic rings. The number of halogens is 1. The standard InChI is InChI=1S/C16H24ClNO2/c1-4-20-16(7-9-19-10-8-16)15(18-3)13-6-5-12(2)14(17)11-13/h5-6,11,15,18H,4,7-10H2,1-3H3. The van der Waals surface area contributed by atoms with Gasteiger partial charge in [-0.3, -0.25) is 0 Å². The molecule has 1 aliphatic heterocycles. The van der Waals surface area contributed by atoms with Crippen LogP contribution in [0.5, 0.6) is 0 Å².